The molecule has 0 saturated carbocycles. The zero-order chi connectivity index (χ0) is 13.5. The molecule has 0 saturated heterocycles. The molecule has 0 spiro atoms. The Morgan fingerprint density at radius 2 is 1.50 bits per heavy atom. The maximum absolute atomic E-state index is 12.8. The van der Waals surface area contributed by atoms with E-state index in [0.717, 1.165) is 5.56 Å². The molecular formula is C13H15FO4. The summed E-state index contributed by atoms with van der Waals surface area (Å²) in [5, 5.41) is 0. The Balaban J connectivity index is 2.71. The van der Waals surface area contributed by atoms with Crippen molar-refractivity contribution in [2.24, 2.45) is 0 Å². The minimum atomic E-state index is -0.412. The number of carbonyl (C=O) groups excluding carboxylic acids is 2. The first-order valence-corrected chi connectivity index (χ1v) is 5.51. The molecule has 1 aromatic carbocycles. The summed E-state index contributed by atoms with van der Waals surface area (Å²) >= 11 is 0. The van der Waals surface area contributed by atoms with Gasteiger partial charge in [0.1, 0.15) is 19.0 Å². The number of hydrogen-bond acceptors (Lipinski definition) is 4. The fourth-order valence-electron chi connectivity index (χ4n) is 1.41. The van der Waals surface area contributed by atoms with E-state index in [0.29, 0.717) is 0 Å². The molecule has 0 atom stereocenters. The van der Waals surface area contributed by atoms with Gasteiger partial charge in [-0.15, -0.1) is 0 Å². The van der Waals surface area contributed by atoms with Crippen LogP contribution in [0, 0.1) is 5.82 Å². The summed E-state index contributed by atoms with van der Waals surface area (Å²) in [5.74, 6) is -1.47. The summed E-state index contributed by atoms with van der Waals surface area (Å²) in [4.78, 5) is 21.6. The maximum atomic E-state index is 12.8. The van der Waals surface area contributed by atoms with Crippen molar-refractivity contribution in [2.45, 2.75) is 19.8 Å². The summed E-state index contributed by atoms with van der Waals surface area (Å²) in [6, 6.07) is 5.77. The average molecular weight is 254 g/mol. The van der Waals surface area contributed by atoms with Crippen molar-refractivity contribution < 1.29 is 23.5 Å². The molecule has 0 bridgehead atoms. The first kappa shape index (κ1) is 14.2. The van der Waals surface area contributed by atoms with E-state index in [9.17, 15) is 14.0 Å². The number of halogens is 1. The van der Waals surface area contributed by atoms with Gasteiger partial charge < -0.3 is 9.47 Å². The fourth-order valence-corrected chi connectivity index (χ4v) is 1.41. The van der Waals surface area contributed by atoms with Crippen LogP contribution in [0.1, 0.15) is 25.3 Å². The molecule has 0 aromatic heterocycles. The van der Waals surface area contributed by atoms with Gasteiger partial charge in [0.25, 0.3) is 0 Å². The van der Waals surface area contributed by atoms with Crippen LogP contribution in [0.5, 0.6) is 0 Å². The highest BCUT2D eigenvalue weighted by Crippen LogP contribution is 2.17. The second kappa shape index (κ2) is 6.74. The molecule has 0 aliphatic heterocycles. The highest BCUT2D eigenvalue weighted by molar-refractivity contribution is 5.66. The van der Waals surface area contributed by atoms with E-state index >= 15 is 0 Å². The van der Waals surface area contributed by atoms with Gasteiger partial charge in [-0.2, -0.15) is 0 Å². The van der Waals surface area contributed by atoms with Crippen LogP contribution >= 0.6 is 0 Å². The lowest BCUT2D eigenvalue weighted by Gasteiger charge is -2.16. The van der Waals surface area contributed by atoms with Crippen molar-refractivity contribution in [2.75, 3.05) is 13.2 Å². The normalized spacial score (nSPS) is 10.2. The predicted octanol–water partition coefficient (Wildman–Crippen LogP) is 2.04. The van der Waals surface area contributed by atoms with Crippen molar-refractivity contribution in [1.82, 2.24) is 0 Å². The molecule has 4 nitrogen and oxygen atoms in total. The van der Waals surface area contributed by atoms with Crippen LogP contribution in [0.4, 0.5) is 4.39 Å². The van der Waals surface area contributed by atoms with E-state index in [4.69, 9.17) is 9.47 Å². The molecule has 5 heteroatoms. The number of benzene rings is 1. The Labute approximate surface area is 105 Å². The van der Waals surface area contributed by atoms with E-state index in [1.165, 1.54) is 26.0 Å². The van der Waals surface area contributed by atoms with Crippen molar-refractivity contribution >= 4 is 11.9 Å². The summed E-state index contributed by atoms with van der Waals surface area (Å²) in [6.45, 7) is 2.78. The Morgan fingerprint density at radius 1 is 1.06 bits per heavy atom. The molecule has 0 N–H and O–H groups in total. The number of rotatable bonds is 5. The van der Waals surface area contributed by atoms with Crippen LogP contribution in [-0.2, 0) is 19.1 Å². The lowest BCUT2D eigenvalue weighted by Crippen LogP contribution is -2.17. The zero-order valence-electron chi connectivity index (χ0n) is 10.3. The number of esters is 2. The molecule has 1 rings (SSSR count). The predicted molar refractivity (Wildman–Crippen MR) is 62.4 cm³/mol. The largest absolute Gasteiger partial charge is 0.465 e. The second-order valence-corrected chi connectivity index (χ2v) is 3.85. The van der Waals surface area contributed by atoms with Gasteiger partial charge in [0.05, 0.1) is 5.92 Å². The fraction of sp³-hybridized carbons (Fsp3) is 0.385. The summed E-state index contributed by atoms with van der Waals surface area (Å²) < 4.78 is 22.6. The lowest BCUT2D eigenvalue weighted by molar-refractivity contribution is -0.144. The monoisotopic (exact) mass is 254 g/mol. The smallest absolute Gasteiger partial charge is 0.302 e. The van der Waals surface area contributed by atoms with Gasteiger partial charge >= 0.3 is 11.9 Å². The third-order valence-corrected chi connectivity index (χ3v) is 2.32. The molecule has 0 aliphatic rings. The molecular weight excluding hydrogens is 239 g/mol. The first-order chi connectivity index (χ1) is 8.49. The summed E-state index contributed by atoms with van der Waals surface area (Å²) in [5.41, 5.74) is 0.749. The number of carbonyl (C=O) groups is 2. The Kier molecular flexibility index (Phi) is 5.30. The van der Waals surface area contributed by atoms with Crippen LogP contribution < -0.4 is 0 Å². The summed E-state index contributed by atoms with van der Waals surface area (Å²) in [7, 11) is 0. The maximum Gasteiger partial charge on any atom is 0.302 e. The molecule has 0 fully saturated rings. The van der Waals surface area contributed by atoms with Crippen molar-refractivity contribution in [3.63, 3.8) is 0 Å². The van der Waals surface area contributed by atoms with Gasteiger partial charge in [0, 0.05) is 13.8 Å². The Hall–Kier alpha value is -1.91. The van der Waals surface area contributed by atoms with Crippen LogP contribution in [0.2, 0.25) is 0 Å². The second-order valence-electron chi connectivity index (χ2n) is 3.85. The van der Waals surface area contributed by atoms with E-state index < -0.39 is 11.9 Å². The van der Waals surface area contributed by atoms with E-state index in [-0.39, 0.29) is 24.9 Å². The zero-order valence-corrected chi connectivity index (χ0v) is 10.3. The molecule has 0 radical (unpaired) electrons. The Morgan fingerprint density at radius 3 is 1.89 bits per heavy atom. The minimum Gasteiger partial charge on any atom is -0.465 e. The summed E-state index contributed by atoms with van der Waals surface area (Å²) in [6.07, 6.45) is 0. The average Bonchev–Trinajstić information content (AvgIpc) is 2.30. The third kappa shape index (κ3) is 4.95. The number of hydrogen-bond donors (Lipinski definition) is 0. The van der Waals surface area contributed by atoms with Gasteiger partial charge in [-0.25, -0.2) is 4.39 Å². The molecule has 0 unspecified atom stereocenters. The van der Waals surface area contributed by atoms with Gasteiger partial charge in [-0.1, -0.05) is 12.1 Å². The van der Waals surface area contributed by atoms with Crippen LogP contribution in [-0.4, -0.2) is 25.2 Å². The molecule has 0 aliphatic carbocycles. The topological polar surface area (TPSA) is 52.6 Å². The van der Waals surface area contributed by atoms with Gasteiger partial charge in [0.2, 0.25) is 0 Å². The molecule has 1 aromatic rings. The van der Waals surface area contributed by atoms with Gasteiger partial charge in [-0.05, 0) is 17.7 Å². The standard InChI is InChI=1S/C13H15FO4/c1-9(15)17-7-12(8-18-10(2)16)11-3-5-13(14)6-4-11/h3-6,12H,7-8H2,1-2H3. The molecule has 0 amide bonds. The van der Waals surface area contributed by atoms with E-state index in [2.05, 4.69) is 0 Å². The molecule has 18 heavy (non-hydrogen) atoms. The van der Waals surface area contributed by atoms with Crippen molar-refractivity contribution in [3.05, 3.63) is 35.6 Å². The van der Waals surface area contributed by atoms with Gasteiger partial charge in [-0.3, -0.25) is 9.59 Å². The minimum absolute atomic E-state index is 0.0915. The third-order valence-electron chi connectivity index (χ3n) is 2.32. The quantitative estimate of drug-likeness (QED) is 0.754. The highest BCUT2D eigenvalue weighted by atomic mass is 19.1. The van der Waals surface area contributed by atoms with Crippen molar-refractivity contribution in [1.29, 1.82) is 0 Å². The van der Waals surface area contributed by atoms with Crippen LogP contribution in [0.25, 0.3) is 0 Å². The molecule has 0 heterocycles. The van der Waals surface area contributed by atoms with Crippen molar-refractivity contribution in [3.8, 4) is 0 Å². The Bertz CT molecular complexity index is 396. The number of ether oxygens (including phenoxy) is 2. The van der Waals surface area contributed by atoms with Crippen LogP contribution in [0.3, 0.4) is 0 Å². The molecule has 98 valence electrons. The highest BCUT2D eigenvalue weighted by Gasteiger charge is 2.15. The van der Waals surface area contributed by atoms with Gasteiger partial charge in [0.15, 0.2) is 0 Å². The van der Waals surface area contributed by atoms with E-state index in [1.54, 1.807) is 12.1 Å². The SMILES string of the molecule is CC(=O)OCC(COC(C)=O)c1ccc(F)cc1. The first-order valence-electron chi connectivity index (χ1n) is 5.51. The van der Waals surface area contributed by atoms with Crippen LogP contribution in [0.15, 0.2) is 24.3 Å². The lowest BCUT2D eigenvalue weighted by atomic mass is 10.0. The van der Waals surface area contributed by atoms with E-state index in [1.807, 2.05) is 0 Å².